The average Bonchev–Trinajstić information content (AvgIpc) is 2.75. The summed E-state index contributed by atoms with van der Waals surface area (Å²) in [6.45, 7) is 4.52. The monoisotopic (exact) mass is 489 g/mol. The Kier molecular flexibility index (Phi) is 14.4. The Labute approximate surface area is 202 Å². The molecular formula is C26H39ClF3NO2. The van der Waals surface area contributed by atoms with E-state index in [-0.39, 0.29) is 17.8 Å². The maximum Gasteiger partial charge on any atom is 0.471 e. The molecule has 0 atom stereocenters. The molecule has 0 saturated carbocycles. The third-order valence-electron chi connectivity index (χ3n) is 5.81. The molecule has 7 heteroatoms. The van der Waals surface area contributed by atoms with Gasteiger partial charge in [0, 0.05) is 17.8 Å². The highest BCUT2D eigenvalue weighted by Gasteiger charge is 2.42. The van der Waals surface area contributed by atoms with Crippen molar-refractivity contribution >= 4 is 28.4 Å². The maximum atomic E-state index is 13.0. The number of unbranched alkanes of at least 4 members (excludes halogenated alkanes) is 11. The molecule has 0 bridgehead atoms. The molecule has 0 heterocycles. The van der Waals surface area contributed by atoms with Crippen LogP contribution in [0.25, 0.3) is 0 Å². The number of benzene rings is 1. The number of halogens is 4. The van der Waals surface area contributed by atoms with Crippen molar-refractivity contribution in [3.63, 3.8) is 0 Å². The van der Waals surface area contributed by atoms with E-state index in [0.29, 0.717) is 6.42 Å². The van der Waals surface area contributed by atoms with E-state index >= 15 is 0 Å². The summed E-state index contributed by atoms with van der Waals surface area (Å²) in [5, 5.41) is -0.697. The van der Waals surface area contributed by atoms with Gasteiger partial charge in [0.2, 0.25) is 0 Å². The van der Waals surface area contributed by atoms with E-state index in [1.54, 1.807) is 0 Å². The molecule has 0 saturated heterocycles. The van der Waals surface area contributed by atoms with Gasteiger partial charge in [0.1, 0.15) is 0 Å². The molecule has 0 aliphatic rings. The molecule has 0 aromatic heterocycles. The minimum Gasteiger partial charge on any atom is -0.305 e. The molecule has 33 heavy (non-hydrogen) atoms. The number of anilines is 1. The van der Waals surface area contributed by atoms with Gasteiger partial charge in [-0.05, 0) is 48.2 Å². The van der Waals surface area contributed by atoms with Crippen molar-refractivity contribution in [3.05, 3.63) is 29.8 Å². The lowest BCUT2D eigenvalue weighted by Crippen LogP contribution is -2.41. The number of carbonyl (C=O) groups is 2. The molecule has 0 spiro atoms. The SMILES string of the molecule is CC(C)CCCCCCCCCCCCCCN(C(=O)C(F)(F)F)c1ccc(C(=O)Cl)cc1. The number of nitrogens with zero attached hydrogens (tertiary/aromatic N) is 1. The quantitative estimate of drug-likeness (QED) is 0.162. The Morgan fingerprint density at radius 1 is 0.788 bits per heavy atom. The van der Waals surface area contributed by atoms with Crippen LogP contribution < -0.4 is 4.90 Å². The number of amides is 1. The van der Waals surface area contributed by atoms with Gasteiger partial charge in [-0.3, -0.25) is 9.59 Å². The van der Waals surface area contributed by atoms with Crippen molar-refractivity contribution in [2.75, 3.05) is 11.4 Å². The predicted octanol–water partition coefficient (Wildman–Crippen LogP) is 8.69. The van der Waals surface area contributed by atoms with Gasteiger partial charge in [0.05, 0.1) is 0 Å². The second-order valence-electron chi connectivity index (χ2n) is 9.20. The second-order valence-corrected chi connectivity index (χ2v) is 9.54. The Balaban J connectivity index is 2.24. The van der Waals surface area contributed by atoms with Crippen molar-refractivity contribution in [2.24, 2.45) is 5.92 Å². The molecule has 0 fully saturated rings. The zero-order valence-corrected chi connectivity index (χ0v) is 20.8. The first-order valence-corrected chi connectivity index (χ1v) is 12.7. The summed E-state index contributed by atoms with van der Waals surface area (Å²) in [5.41, 5.74) is 0.286. The lowest BCUT2D eigenvalue weighted by atomic mass is 10.0. The van der Waals surface area contributed by atoms with E-state index in [0.717, 1.165) is 36.5 Å². The normalized spacial score (nSPS) is 11.7. The van der Waals surface area contributed by atoms with Crippen LogP contribution in [0.15, 0.2) is 24.3 Å². The predicted molar refractivity (Wildman–Crippen MR) is 130 cm³/mol. The van der Waals surface area contributed by atoms with E-state index < -0.39 is 17.3 Å². The lowest BCUT2D eigenvalue weighted by Gasteiger charge is -2.24. The van der Waals surface area contributed by atoms with Crippen molar-refractivity contribution < 1.29 is 22.8 Å². The molecule has 0 N–H and O–H groups in total. The van der Waals surface area contributed by atoms with Gasteiger partial charge < -0.3 is 4.90 Å². The first-order valence-electron chi connectivity index (χ1n) is 12.3. The average molecular weight is 490 g/mol. The van der Waals surface area contributed by atoms with Crippen LogP contribution in [-0.2, 0) is 4.79 Å². The summed E-state index contributed by atoms with van der Waals surface area (Å²) >= 11 is 5.38. The summed E-state index contributed by atoms with van der Waals surface area (Å²) in [6, 6.07) is 5.30. The Bertz CT molecular complexity index is 690. The zero-order valence-electron chi connectivity index (χ0n) is 20.1. The Morgan fingerprint density at radius 3 is 1.61 bits per heavy atom. The molecule has 0 unspecified atom stereocenters. The smallest absolute Gasteiger partial charge is 0.305 e. The number of carbonyl (C=O) groups excluding carboxylic acids is 2. The van der Waals surface area contributed by atoms with E-state index in [9.17, 15) is 22.8 Å². The summed E-state index contributed by atoms with van der Waals surface area (Å²) < 4.78 is 39.1. The summed E-state index contributed by atoms with van der Waals surface area (Å²) in [7, 11) is 0. The molecule has 1 aromatic carbocycles. The molecule has 188 valence electrons. The van der Waals surface area contributed by atoms with E-state index in [2.05, 4.69) is 13.8 Å². The third-order valence-corrected chi connectivity index (χ3v) is 6.03. The lowest BCUT2D eigenvalue weighted by molar-refractivity contribution is -0.170. The van der Waals surface area contributed by atoms with Gasteiger partial charge in [-0.2, -0.15) is 13.2 Å². The second kappa shape index (κ2) is 16.1. The van der Waals surface area contributed by atoms with Gasteiger partial charge >= 0.3 is 12.1 Å². The highest BCUT2D eigenvalue weighted by atomic mass is 35.5. The highest BCUT2D eigenvalue weighted by Crippen LogP contribution is 2.25. The van der Waals surface area contributed by atoms with Crippen LogP contribution in [0.5, 0.6) is 0 Å². The van der Waals surface area contributed by atoms with Crippen molar-refractivity contribution in [2.45, 2.75) is 103 Å². The fourth-order valence-corrected chi connectivity index (χ4v) is 3.99. The van der Waals surface area contributed by atoms with E-state index in [1.165, 1.54) is 75.6 Å². The fraction of sp³-hybridized carbons (Fsp3) is 0.692. The largest absolute Gasteiger partial charge is 0.471 e. The fourth-order valence-electron chi connectivity index (χ4n) is 3.86. The van der Waals surface area contributed by atoms with Crippen LogP contribution in [0, 0.1) is 5.92 Å². The molecular weight excluding hydrogens is 451 g/mol. The van der Waals surface area contributed by atoms with Crippen LogP contribution in [0.1, 0.15) is 108 Å². The standard InChI is InChI=1S/C26H39ClF3NO2/c1-21(2)15-13-11-9-7-5-3-4-6-8-10-12-14-20-31(25(33)26(28,29)30)23-18-16-22(17-19-23)24(27)32/h16-19,21H,3-15,20H2,1-2H3. The topological polar surface area (TPSA) is 37.4 Å². The van der Waals surface area contributed by atoms with Gasteiger partial charge in [-0.15, -0.1) is 0 Å². The first kappa shape index (κ1) is 29.5. The summed E-state index contributed by atoms with van der Waals surface area (Å²) in [5.74, 6) is -1.09. The van der Waals surface area contributed by atoms with Crippen LogP contribution in [0.3, 0.4) is 0 Å². The molecule has 0 radical (unpaired) electrons. The summed E-state index contributed by atoms with van der Waals surface area (Å²) in [6.07, 6.45) is 9.83. The number of hydrogen-bond acceptors (Lipinski definition) is 2. The van der Waals surface area contributed by atoms with Crippen LogP contribution >= 0.6 is 11.6 Å². The van der Waals surface area contributed by atoms with Crippen LogP contribution in [0.2, 0.25) is 0 Å². The minimum absolute atomic E-state index is 0.0106. The number of rotatable bonds is 17. The van der Waals surface area contributed by atoms with Gasteiger partial charge in [0.15, 0.2) is 0 Å². The van der Waals surface area contributed by atoms with Crippen molar-refractivity contribution in [1.82, 2.24) is 0 Å². The van der Waals surface area contributed by atoms with Gasteiger partial charge in [-0.25, -0.2) is 0 Å². The third kappa shape index (κ3) is 13.0. The first-order chi connectivity index (χ1) is 15.6. The Hall–Kier alpha value is -1.56. The van der Waals surface area contributed by atoms with Crippen molar-refractivity contribution in [3.8, 4) is 0 Å². The van der Waals surface area contributed by atoms with E-state index in [1.807, 2.05) is 0 Å². The Morgan fingerprint density at radius 2 is 1.21 bits per heavy atom. The molecule has 1 amide bonds. The van der Waals surface area contributed by atoms with Gasteiger partial charge in [-0.1, -0.05) is 90.9 Å². The molecule has 0 aliphatic heterocycles. The van der Waals surface area contributed by atoms with Crippen LogP contribution in [-0.4, -0.2) is 23.9 Å². The van der Waals surface area contributed by atoms with Crippen LogP contribution in [0.4, 0.5) is 18.9 Å². The highest BCUT2D eigenvalue weighted by molar-refractivity contribution is 6.67. The maximum absolute atomic E-state index is 13.0. The van der Waals surface area contributed by atoms with Gasteiger partial charge in [0.25, 0.3) is 5.24 Å². The number of hydrogen-bond donors (Lipinski definition) is 0. The minimum atomic E-state index is -4.95. The number of alkyl halides is 3. The molecule has 3 nitrogen and oxygen atoms in total. The zero-order chi connectivity index (χ0) is 24.7. The van der Waals surface area contributed by atoms with E-state index in [4.69, 9.17) is 11.6 Å². The molecule has 0 aliphatic carbocycles. The van der Waals surface area contributed by atoms with Crippen molar-refractivity contribution in [1.29, 1.82) is 0 Å². The summed E-state index contributed by atoms with van der Waals surface area (Å²) in [4.78, 5) is 23.8. The molecule has 1 aromatic rings. The molecule has 1 rings (SSSR count).